The van der Waals surface area contributed by atoms with Gasteiger partial charge in [-0.25, -0.2) is 9.97 Å². The zero-order valence-electron chi connectivity index (χ0n) is 8.57. The van der Waals surface area contributed by atoms with Crippen LogP contribution in [0, 0.1) is 17.2 Å². The Hall–Kier alpha value is -1.14. The summed E-state index contributed by atoms with van der Waals surface area (Å²) in [7, 11) is 0. The van der Waals surface area contributed by atoms with E-state index in [1.165, 1.54) is 19.0 Å². The van der Waals surface area contributed by atoms with E-state index in [2.05, 4.69) is 16.9 Å². The second-order valence-corrected chi connectivity index (χ2v) is 4.42. The molecule has 2 rings (SSSR count). The number of nitriles is 1. The van der Waals surface area contributed by atoms with Crippen molar-refractivity contribution in [2.24, 2.45) is 5.92 Å². The molecule has 0 bridgehead atoms. The zero-order valence-corrected chi connectivity index (χ0v) is 9.33. The summed E-state index contributed by atoms with van der Waals surface area (Å²) in [5.74, 6) is 1.83. The van der Waals surface area contributed by atoms with Gasteiger partial charge in [0.1, 0.15) is 17.5 Å². The van der Waals surface area contributed by atoms with Gasteiger partial charge in [0.15, 0.2) is 5.15 Å². The lowest BCUT2D eigenvalue weighted by Crippen LogP contribution is -2.07. The molecule has 1 aromatic rings. The first-order valence-corrected chi connectivity index (χ1v) is 5.52. The molecular weight excluding hydrogens is 210 g/mol. The predicted molar refractivity (Wildman–Crippen MR) is 57.5 cm³/mol. The van der Waals surface area contributed by atoms with Gasteiger partial charge in [-0.15, -0.1) is 0 Å². The van der Waals surface area contributed by atoms with Crippen LogP contribution < -0.4 is 0 Å². The van der Waals surface area contributed by atoms with Crippen LogP contribution in [0.15, 0.2) is 6.20 Å². The smallest absolute Gasteiger partial charge is 0.150 e. The lowest BCUT2D eigenvalue weighted by atomic mass is 9.97. The van der Waals surface area contributed by atoms with Crippen molar-refractivity contribution in [3.63, 3.8) is 0 Å². The van der Waals surface area contributed by atoms with Gasteiger partial charge < -0.3 is 0 Å². The SMILES string of the molecule is CC1CCCC1c1ncc(C#N)c(Cl)n1. The molecule has 0 aromatic carbocycles. The van der Waals surface area contributed by atoms with E-state index < -0.39 is 0 Å². The molecule has 1 heterocycles. The quantitative estimate of drug-likeness (QED) is 0.686. The van der Waals surface area contributed by atoms with Crippen molar-refractivity contribution in [2.75, 3.05) is 0 Å². The fourth-order valence-corrected chi connectivity index (χ4v) is 2.33. The molecule has 78 valence electrons. The van der Waals surface area contributed by atoms with Crippen molar-refractivity contribution < 1.29 is 0 Å². The first-order valence-electron chi connectivity index (χ1n) is 5.15. The summed E-state index contributed by atoms with van der Waals surface area (Å²) in [6.07, 6.45) is 5.11. The Morgan fingerprint density at radius 3 is 2.87 bits per heavy atom. The summed E-state index contributed by atoms with van der Waals surface area (Å²) in [4.78, 5) is 8.43. The molecule has 0 saturated heterocycles. The average Bonchev–Trinajstić information content (AvgIpc) is 2.64. The molecule has 4 heteroatoms. The third kappa shape index (κ3) is 1.95. The number of hydrogen-bond donors (Lipinski definition) is 0. The number of hydrogen-bond acceptors (Lipinski definition) is 3. The molecule has 1 aromatic heterocycles. The van der Waals surface area contributed by atoms with Crippen molar-refractivity contribution in [1.29, 1.82) is 5.26 Å². The van der Waals surface area contributed by atoms with Gasteiger partial charge in [0.25, 0.3) is 0 Å². The Bertz CT molecular complexity index is 411. The van der Waals surface area contributed by atoms with E-state index in [9.17, 15) is 0 Å². The molecule has 1 aliphatic rings. The minimum atomic E-state index is 0.279. The summed E-state index contributed by atoms with van der Waals surface area (Å²) in [6.45, 7) is 2.22. The first-order chi connectivity index (χ1) is 7.22. The maximum Gasteiger partial charge on any atom is 0.150 e. The van der Waals surface area contributed by atoms with Crippen LogP contribution in [-0.2, 0) is 0 Å². The molecule has 0 spiro atoms. The van der Waals surface area contributed by atoms with Gasteiger partial charge in [0.05, 0.1) is 0 Å². The Balaban J connectivity index is 2.30. The number of nitrogens with zero attached hydrogens (tertiary/aromatic N) is 3. The molecule has 0 N–H and O–H groups in total. The largest absolute Gasteiger partial charge is 0.240 e. The minimum Gasteiger partial charge on any atom is -0.240 e. The van der Waals surface area contributed by atoms with Crippen LogP contribution in [0.5, 0.6) is 0 Å². The molecular formula is C11H12ClN3. The second-order valence-electron chi connectivity index (χ2n) is 4.06. The molecule has 3 nitrogen and oxygen atoms in total. The van der Waals surface area contributed by atoms with Gasteiger partial charge in [0.2, 0.25) is 0 Å². The van der Waals surface area contributed by atoms with Crippen molar-refractivity contribution in [1.82, 2.24) is 9.97 Å². The first kappa shape index (κ1) is 10.4. The fourth-order valence-electron chi connectivity index (χ4n) is 2.16. The Labute approximate surface area is 94.1 Å². The normalized spacial score (nSPS) is 25.1. The summed E-state index contributed by atoms with van der Waals surface area (Å²) in [5, 5.41) is 8.99. The Morgan fingerprint density at radius 1 is 1.53 bits per heavy atom. The molecule has 1 aliphatic carbocycles. The molecule has 15 heavy (non-hydrogen) atoms. The van der Waals surface area contributed by atoms with Crippen molar-refractivity contribution in [3.05, 3.63) is 22.7 Å². The van der Waals surface area contributed by atoms with Gasteiger partial charge in [-0.3, -0.25) is 0 Å². The topological polar surface area (TPSA) is 49.6 Å². The number of halogens is 1. The van der Waals surface area contributed by atoms with Crippen molar-refractivity contribution in [3.8, 4) is 6.07 Å². The minimum absolute atomic E-state index is 0.279. The number of aromatic nitrogens is 2. The van der Waals surface area contributed by atoms with E-state index in [1.807, 2.05) is 6.07 Å². The van der Waals surface area contributed by atoms with Crippen LogP contribution in [0.2, 0.25) is 5.15 Å². The highest BCUT2D eigenvalue weighted by molar-refractivity contribution is 6.30. The van der Waals surface area contributed by atoms with E-state index in [-0.39, 0.29) is 5.15 Å². The van der Waals surface area contributed by atoms with E-state index in [0.717, 1.165) is 12.2 Å². The van der Waals surface area contributed by atoms with Crippen LogP contribution in [0.1, 0.15) is 43.5 Å². The molecule has 0 radical (unpaired) electrons. The monoisotopic (exact) mass is 221 g/mol. The standard InChI is InChI=1S/C11H12ClN3/c1-7-3-2-4-9(7)11-14-6-8(5-13)10(12)15-11/h6-7,9H,2-4H2,1H3. The van der Waals surface area contributed by atoms with Gasteiger partial charge in [-0.1, -0.05) is 24.9 Å². The van der Waals surface area contributed by atoms with Crippen LogP contribution in [0.25, 0.3) is 0 Å². The van der Waals surface area contributed by atoms with E-state index in [0.29, 0.717) is 17.4 Å². The lowest BCUT2D eigenvalue weighted by Gasteiger charge is -2.13. The maximum atomic E-state index is 8.71. The number of rotatable bonds is 1. The van der Waals surface area contributed by atoms with Crippen LogP contribution in [0.4, 0.5) is 0 Å². The Kier molecular flexibility index (Phi) is 2.88. The van der Waals surface area contributed by atoms with Gasteiger partial charge >= 0.3 is 0 Å². The fraction of sp³-hybridized carbons (Fsp3) is 0.545. The molecule has 2 unspecified atom stereocenters. The molecule has 0 amide bonds. The molecule has 0 aliphatic heterocycles. The Morgan fingerprint density at radius 2 is 2.33 bits per heavy atom. The zero-order chi connectivity index (χ0) is 10.8. The highest BCUT2D eigenvalue weighted by Crippen LogP contribution is 2.37. The summed E-state index contributed by atoms with van der Waals surface area (Å²) < 4.78 is 0. The second kappa shape index (κ2) is 4.16. The van der Waals surface area contributed by atoms with E-state index in [1.54, 1.807) is 0 Å². The average molecular weight is 222 g/mol. The lowest BCUT2D eigenvalue weighted by molar-refractivity contribution is 0.509. The van der Waals surface area contributed by atoms with Crippen LogP contribution in [-0.4, -0.2) is 9.97 Å². The molecule has 1 saturated carbocycles. The van der Waals surface area contributed by atoms with Crippen LogP contribution in [0.3, 0.4) is 0 Å². The maximum absolute atomic E-state index is 8.71. The van der Waals surface area contributed by atoms with Crippen LogP contribution >= 0.6 is 11.6 Å². The highest BCUT2D eigenvalue weighted by Gasteiger charge is 2.27. The molecule has 1 fully saturated rings. The van der Waals surface area contributed by atoms with Gasteiger partial charge in [-0.2, -0.15) is 5.26 Å². The van der Waals surface area contributed by atoms with Gasteiger partial charge in [0, 0.05) is 12.1 Å². The van der Waals surface area contributed by atoms with E-state index in [4.69, 9.17) is 16.9 Å². The summed E-state index contributed by atoms with van der Waals surface area (Å²) in [5.41, 5.74) is 0.353. The van der Waals surface area contributed by atoms with E-state index >= 15 is 0 Å². The van der Waals surface area contributed by atoms with Crippen molar-refractivity contribution in [2.45, 2.75) is 32.1 Å². The predicted octanol–water partition coefficient (Wildman–Crippen LogP) is 2.91. The highest BCUT2D eigenvalue weighted by atomic mass is 35.5. The summed E-state index contributed by atoms with van der Waals surface area (Å²) in [6, 6.07) is 1.97. The third-order valence-corrected chi connectivity index (χ3v) is 3.36. The van der Waals surface area contributed by atoms with Crippen molar-refractivity contribution >= 4 is 11.6 Å². The van der Waals surface area contributed by atoms with Gasteiger partial charge in [-0.05, 0) is 18.8 Å². The summed E-state index contributed by atoms with van der Waals surface area (Å²) >= 11 is 5.88. The molecule has 2 atom stereocenters. The third-order valence-electron chi connectivity index (χ3n) is 3.07.